The number of hydrogen-bond acceptors (Lipinski definition) is 8. The summed E-state index contributed by atoms with van der Waals surface area (Å²) in [4.78, 5) is 31.6. The lowest BCUT2D eigenvalue weighted by atomic mass is 10.3. The number of nitrogens with one attached hydrogen (secondary N) is 1. The van der Waals surface area contributed by atoms with Gasteiger partial charge >= 0.3 is 11.7 Å². The van der Waals surface area contributed by atoms with Crippen molar-refractivity contribution in [2.24, 2.45) is 0 Å². The van der Waals surface area contributed by atoms with Gasteiger partial charge in [0.2, 0.25) is 0 Å². The molecule has 1 aromatic heterocycles. The first-order valence-corrected chi connectivity index (χ1v) is 19.6. The number of aliphatic carboxylic acids is 1. The Kier molecular flexibility index (Phi) is 21.6. The number of nitrogens with zero attached hydrogens (tertiary/aromatic N) is 3. The molecular weight excluding hydrogens is 793 g/mol. The van der Waals surface area contributed by atoms with Crippen LogP contribution in [-0.2, 0) is 16.3 Å². The van der Waals surface area contributed by atoms with E-state index in [0.717, 1.165) is 4.68 Å². The summed E-state index contributed by atoms with van der Waals surface area (Å²) in [5, 5.41) is 19.2. The third-order valence-electron chi connectivity index (χ3n) is 4.25. The quantitative estimate of drug-likeness (QED) is 0.125. The number of hydrogen-bond donors (Lipinski definition) is 2. The first kappa shape index (κ1) is 45.3. The number of tetrazole rings is 1. The first-order valence-electron chi connectivity index (χ1n) is 13.0. The van der Waals surface area contributed by atoms with Gasteiger partial charge in [-0.25, -0.2) is 14.7 Å². The fourth-order valence-electron chi connectivity index (χ4n) is 2.48. The third-order valence-corrected chi connectivity index (χ3v) is 5.95. The lowest BCUT2D eigenvalue weighted by molar-refractivity contribution is -0.139. The highest BCUT2D eigenvalue weighted by molar-refractivity contribution is 6.74. The van der Waals surface area contributed by atoms with Gasteiger partial charge in [0.15, 0.2) is 19.9 Å². The molecule has 4 rings (SSSR count). The largest absolute Gasteiger partial charge is 0.483 e. The number of carboxylic acid groups (broad SMARTS) is 1. The molecule has 0 spiro atoms. The lowest BCUT2D eigenvalue weighted by Gasteiger charge is -2.06. The van der Waals surface area contributed by atoms with Gasteiger partial charge < -0.3 is 19.3 Å². The van der Waals surface area contributed by atoms with Gasteiger partial charge in [0, 0.05) is 23.1 Å². The van der Waals surface area contributed by atoms with Crippen LogP contribution in [0.1, 0.15) is 7.43 Å². The topological polar surface area (TPSA) is 146 Å². The molecule has 0 aliphatic rings. The molecule has 0 saturated heterocycles. The van der Waals surface area contributed by atoms with Gasteiger partial charge in [-0.1, -0.05) is 103 Å². The van der Waals surface area contributed by atoms with Gasteiger partial charge in [0.25, 0.3) is 5.24 Å². The fourth-order valence-corrected chi connectivity index (χ4v) is 3.93. The van der Waals surface area contributed by atoms with E-state index in [0.29, 0.717) is 47.4 Å². The SMILES string of the molecule is C.C[Si](C)(C)C.O=C(Cl)COc1ccc(Cl)cc1Cl.O=C(O)COc1ccc(Cl)cc1Cl.O=c1[nH]nnn1COc1ccc(Cl)cc1Cl. The number of ether oxygens (including phenoxy) is 3. The molecule has 0 aliphatic carbocycles. The number of carbonyl (C=O) groups excluding carboxylic acids is 1. The Morgan fingerprint density at radius 3 is 1.44 bits per heavy atom. The van der Waals surface area contributed by atoms with E-state index < -0.39 is 31.6 Å². The summed E-state index contributed by atoms with van der Waals surface area (Å²) in [7, 11) is -0.611. The number of benzene rings is 3. The summed E-state index contributed by atoms with van der Waals surface area (Å²) in [6.45, 7) is 8.61. The predicted molar refractivity (Wildman–Crippen MR) is 196 cm³/mol. The molecule has 0 bridgehead atoms. The van der Waals surface area contributed by atoms with Crippen LogP contribution in [0.5, 0.6) is 17.2 Å². The van der Waals surface area contributed by atoms with E-state index >= 15 is 0 Å². The number of H-pyrrole nitrogens is 1. The van der Waals surface area contributed by atoms with E-state index in [1.165, 1.54) is 18.2 Å². The highest BCUT2D eigenvalue weighted by atomic mass is 35.5. The highest BCUT2D eigenvalue weighted by Gasteiger charge is 2.06. The monoisotopic (exact) mass is 822 g/mol. The molecule has 0 saturated carbocycles. The zero-order chi connectivity index (χ0) is 35.7. The van der Waals surface area contributed by atoms with Gasteiger partial charge in [-0.3, -0.25) is 4.79 Å². The molecule has 0 unspecified atom stereocenters. The zero-order valence-corrected chi connectivity index (χ0v) is 31.5. The van der Waals surface area contributed by atoms with E-state index in [1.54, 1.807) is 36.4 Å². The van der Waals surface area contributed by atoms with Crippen LogP contribution in [-0.4, -0.2) is 57.8 Å². The second-order valence-corrected chi connectivity index (χ2v) is 19.3. The summed E-state index contributed by atoms with van der Waals surface area (Å²) in [6, 6.07) is 14.1. The minimum Gasteiger partial charge on any atom is -0.483 e. The Bertz CT molecular complexity index is 1600. The molecule has 0 atom stereocenters. The molecule has 19 heteroatoms. The number of rotatable bonds is 9. The minimum absolute atomic E-state index is 0. The molecule has 0 amide bonds. The molecule has 0 radical (unpaired) electrons. The Balaban J connectivity index is 0.000000643. The molecular formula is C29H33Cl7N4O7Si. The standard InChI is InChI=1S/C8H5Cl3O2.C8H6Cl2N4O2.C8H6Cl2O3.C4H12Si.CH4/c9-5-1-2-7(6(10)3-5)13-4-8(11)12;9-5-1-2-7(6(10)3-5)16-4-14-8(15)11-12-13-14;9-5-1-2-7(6(10)3-5)13-4-8(11)12;1-5(2,3)4;/h1-3H,4H2;1-3H,4H2,(H,11,13,15);1-3H,4H2,(H,11,12);1-4H3;1H4. The number of halogens is 7. The van der Waals surface area contributed by atoms with Crippen LogP contribution in [0.4, 0.5) is 0 Å². The van der Waals surface area contributed by atoms with E-state index in [2.05, 4.69) is 41.7 Å². The van der Waals surface area contributed by atoms with Gasteiger partial charge in [-0.15, -0.1) is 0 Å². The predicted octanol–water partition coefficient (Wildman–Crippen LogP) is 9.49. The Morgan fingerprint density at radius 2 is 1.12 bits per heavy atom. The number of carbonyl (C=O) groups is 2. The fraction of sp³-hybridized carbons (Fsp3) is 0.276. The van der Waals surface area contributed by atoms with Crippen molar-refractivity contribution in [1.29, 1.82) is 0 Å². The smallest absolute Gasteiger partial charge is 0.364 e. The first-order chi connectivity index (χ1) is 21.8. The van der Waals surface area contributed by atoms with E-state index in [1.807, 2.05) is 0 Å². The molecule has 0 fully saturated rings. The van der Waals surface area contributed by atoms with Crippen molar-refractivity contribution in [2.45, 2.75) is 40.3 Å². The Labute approximate surface area is 313 Å². The normalized spacial score (nSPS) is 9.98. The van der Waals surface area contributed by atoms with Crippen molar-refractivity contribution in [3.63, 3.8) is 0 Å². The van der Waals surface area contributed by atoms with E-state index in [-0.39, 0.29) is 20.8 Å². The molecule has 4 aromatic rings. The molecule has 0 aliphatic heterocycles. The lowest BCUT2D eigenvalue weighted by Crippen LogP contribution is -2.21. The Hall–Kier alpha value is -2.68. The van der Waals surface area contributed by atoms with Gasteiger partial charge in [0.1, 0.15) is 17.2 Å². The number of aromatic amines is 1. The summed E-state index contributed by atoms with van der Waals surface area (Å²) < 4.78 is 16.1. The van der Waals surface area contributed by atoms with Crippen molar-refractivity contribution >= 4 is 100 Å². The highest BCUT2D eigenvalue weighted by Crippen LogP contribution is 2.29. The van der Waals surface area contributed by atoms with Crippen molar-refractivity contribution in [3.8, 4) is 17.2 Å². The zero-order valence-electron chi connectivity index (χ0n) is 25.2. The van der Waals surface area contributed by atoms with Crippen LogP contribution in [0.25, 0.3) is 0 Å². The molecule has 3 aromatic carbocycles. The van der Waals surface area contributed by atoms with Crippen LogP contribution in [0.2, 0.25) is 56.3 Å². The molecule has 1 heterocycles. The van der Waals surface area contributed by atoms with Crippen molar-refractivity contribution in [1.82, 2.24) is 20.2 Å². The summed E-state index contributed by atoms with van der Waals surface area (Å²) in [5.41, 5.74) is -0.454. The maximum atomic E-state index is 11.0. The minimum atomic E-state index is -1.05. The van der Waals surface area contributed by atoms with Crippen LogP contribution < -0.4 is 19.9 Å². The van der Waals surface area contributed by atoms with Gasteiger partial charge in [0.05, 0.1) is 15.1 Å². The number of carboxylic acids is 1. The third kappa shape index (κ3) is 20.6. The summed E-state index contributed by atoms with van der Waals surface area (Å²) >= 11 is 39.4. The average Bonchev–Trinajstić information content (AvgIpc) is 3.35. The maximum Gasteiger partial charge on any atom is 0.364 e. The molecule has 48 heavy (non-hydrogen) atoms. The van der Waals surface area contributed by atoms with E-state index in [4.69, 9.17) is 101 Å². The molecule has 11 nitrogen and oxygen atoms in total. The van der Waals surface area contributed by atoms with Crippen molar-refractivity contribution in [2.75, 3.05) is 13.2 Å². The summed E-state index contributed by atoms with van der Waals surface area (Å²) in [5.74, 6) is 0.0699. The molecule has 2 N–H and O–H groups in total. The van der Waals surface area contributed by atoms with Crippen molar-refractivity contribution < 1.29 is 28.9 Å². The van der Waals surface area contributed by atoms with Crippen LogP contribution >= 0.6 is 81.2 Å². The van der Waals surface area contributed by atoms with Crippen LogP contribution in [0, 0.1) is 0 Å². The van der Waals surface area contributed by atoms with Crippen LogP contribution in [0.15, 0.2) is 59.4 Å². The molecule has 264 valence electrons. The van der Waals surface area contributed by atoms with Crippen molar-refractivity contribution in [3.05, 3.63) is 95.2 Å². The average molecular weight is 826 g/mol. The second-order valence-electron chi connectivity index (χ2n) is 10.3. The van der Waals surface area contributed by atoms with Crippen LogP contribution in [0.3, 0.4) is 0 Å². The summed E-state index contributed by atoms with van der Waals surface area (Å²) in [6.07, 6.45) is 0. The second kappa shape index (κ2) is 22.9. The van der Waals surface area contributed by atoms with Gasteiger partial charge in [-0.05, 0) is 76.6 Å². The van der Waals surface area contributed by atoms with Gasteiger partial charge in [-0.2, -0.15) is 4.68 Å². The van der Waals surface area contributed by atoms with E-state index in [9.17, 15) is 14.4 Å². The Morgan fingerprint density at radius 1 is 0.750 bits per heavy atom. The maximum absolute atomic E-state index is 11.0. The number of aromatic nitrogens is 4.